The molecular weight excluding hydrogens is 1350 g/mol. The van der Waals surface area contributed by atoms with Gasteiger partial charge in [0.25, 0.3) is 0 Å². The summed E-state index contributed by atoms with van der Waals surface area (Å²) >= 11 is 15.4. The summed E-state index contributed by atoms with van der Waals surface area (Å²) in [7, 11) is 0. The lowest BCUT2D eigenvalue weighted by atomic mass is 9.65. The molecular formula is C88H126O2S8. The lowest BCUT2D eigenvalue weighted by molar-refractivity contribution is 0.0848. The highest BCUT2D eigenvalue weighted by Crippen LogP contribution is 2.60. The molecule has 2 aliphatic carbocycles. The van der Waals surface area contributed by atoms with Crippen LogP contribution in [-0.2, 0) is 10.8 Å². The summed E-state index contributed by atoms with van der Waals surface area (Å²) in [5.41, 5.74) is 3.75. The van der Waals surface area contributed by atoms with Gasteiger partial charge in [-0.3, -0.25) is 9.59 Å². The molecule has 8 aromatic rings. The van der Waals surface area contributed by atoms with Crippen molar-refractivity contribution in [3.05, 3.63) is 80.5 Å². The number of carbonyl (C=O) groups excluding carboxylic acids is 2. The molecule has 0 saturated heterocycles. The average Bonchev–Trinajstić information content (AvgIpc) is 1.03. The maximum Gasteiger partial charge on any atom is 0.174 e. The van der Waals surface area contributed by atoms with Crippen molar-refractivity contribution in [2.45, 2.75) is 373 Å². The summed E-state index contributed by atoms with van der Waals surface area (Å²) < 4.78 is 5.45. The molecule has 0 aliphatic heterocycles. The third-order valence-electron chi connectivity index (χ3n) is 22.4. The van der Waals surface area contributed by atoms with E-state index in [1.807, 2.05) is 90.7 Å². The molecule has 0 amide bonds. The van der Waals surface area contributed by atoms with Gasteiger partial charge in [0.05, 0.1) is 20.6 Å². The van der Waals surface area contributed by atoms with Crippen LogP contribution in [0.15, 0.2) is 48.5 Å². The molecule has 0 radical (unpaired) electrons. The molecule has 0 saturated carbocycles. The van der Waals surface area contributed by atoms with Gasteiger partial charge < -0.3 is 0 Å². The first-order valence-electron chi connectivity index (χ1n) is 40.8. The Morgan fingerprint density at radius 1 is 0.235 bits per heavy atom. The maximum atomic E-state index is 16.1. The van der Waals surface area contributed by atoms with Gasteiger partial charge in [-0.05, 0) is 99.2 Å². The summed E-state index contributed by atoms with van der Waals surface area (Å²) in [6.07, 6.45) is 64.9. The zero-order chi connectivity index (χ0) is 68.4. The van der Waals surface area contributed by atoms with Crippen molar-refractivity contribution < 1.29 is 9.59 Å². The minimum atomic E-state index is -0.491. The highest BCUT2D eigenvalue weighted by Gasteiger charge is 2.49. The molecule has 0 fully saturated rings. The number of rotatable bonds is 53. The van der Waals surface area contributed by atoms with Gasteiger partial charge in [0.15, 0.2) is 11.6 Å². The van der Waals surface area contributed by atoms with Crippen molar-refractivity contribution >= 4 is 121 Å². The Morgan fingerprint density at radius 3 is 0.786 bits per heavy atom. The van der Waals surface area contributed by atoms with E-state index in [-0.39, 0.29) is 0 Å². The molecule has 538 valence electrons. The van der Waals surface area contributed by atoms with Crippen LogP contribution in [0.2, 0.25) is 0 Å². The van der Waals surface area contributed by atoms with Crippen LogP contribution >= 0.6 is 90.7 Å². The molecule has 2 aliphatic rings. The van der Waals surface area contributed by atoms with Crippen molar-refractivity contribution in [3.63, 3.8) is 0 Å². The summed E-state index contributed by atoms with van der Waals surface area (Å²) in [5.74, 6) is 0.827. The second-order valence-electron chi connectivity index (χ2n) is 30.5. The summed E-state index contributed by atoms with van der Waals surface area (Å²) in [5, 5.41) is 0. The SMILES string of the molecule is CCCCCCCCCCCCCCCC1(CCCCCCCCCCCCCCC)C(=O)c2cc(C)sc2-c2sc(-c3cc4sc(-c5cc6c(s5)-c5sc(-c7cc8sc(C)cc8s7)cc5C(CCCCCCCCCCCC)(CCCCCCCCCCCC)C6=O)cc4s3)cc21. The first kappa shape index (κ1) is 78.1. The largest absolute Gasteiger partial charge is 0.293 e. The van der Waals surface area contributed by atoms with Crippen molar-refractivity contribution in [2.75, 3.05) is 0 Å². The van der Waals surface area contributed by atoms with E-state index in [1.165, 1.54) is 358 Å². The smallest absolute Gasteiger partial charge is 0.174 e. The molecule has 98 heavy (non-hydrogen) atoms. The standard InChI is InChI=1S/C88H126O2S8/c1-7-11-15-19-23-27-31-33-35-39-43-45-49-53-87(54-50-46-44-40-36-34-32-28-24-20-16-12-8-2)69-60-74(97-83(69)81-67(85(87)89)57-65(5)92-81)78-64-80-79(95-78)63-76(94-80)72-59-68-82(96-72)84-70(61-73(98-84)77-62-75-71(93-77)58-66(6)91-75)88(86(68)90,55-51-47-41-37-29-25-21-17-13-9-3)56-52-48-42-38-30-26-22-18-14-10-4/h57-64H,7-56H2,1-6H3. The van der Waals surface area contributed by atoms with E-state index in [4.69, 9.17) is 0 Å². The monoisotopic (exact) mass is 1470 g/mol. The fourth-order valence-corrected chi connectivity index (χ4v) is 26.6. The molecule has 0 bridgehead atoms. The molecule has 0 unspecified atom stereocenters. The molecule has 0 N–H and O–H groups in total. The van der Waals surface area contributed by atoms with Gasteiger partial charge in [0.2, 0.25) is 0 Å². The van der Waals surface area contributed by atoms with Crippen LogP contribution < -0.4 is 0 Å². The summed E-state index contributed by atoms with van der Waals surface area (Å²) in [6.45, 7) is 13.7. The molecule has 0 aromatic carbocycles. The van der Waals surface area contributed by atoms with Crippen LogP contribution in [0.25, 0.3) is 67.6 Å². The van der Waals surface area contributed by atoms with Gasteiger partial charge in [0, 0.05) is 78.7 Å². The predicted octanol–water partition coefficient (Wildman–Crippen LogP) is 33.9. The van der Waals surface area contributed by atoms with Crippen molar-refractivity contribution in [3.8, 4) is 48.8 Å². The molecule has 8 aromatic heterocycles. The van der Waals surface area contributed by atoms with E-state index in [1.54, 1.807) is 0 Å². The topological polar surface area (TPSA) is 34.1 Å². The third kappa shape index (κ3) is 20.9. The number of unbranched alkanes of at least 4 members (excludes halogenated alkanes) is 42. The maximum absolute atomic E-state index is 16.1. The molecule has 10 rings (SSSR count). The number of fused-ring (bicyclic) bond motifs is 8. The number of carbonyl (C=O) groups is 2. The molecule has 8 heterocycles. The normalized spacial score (nSPS) is 14.0. The number of Topliss-reactive ketones (excluding diaryl/α,β-unsaturated/α-hetero) is 2. The fraction of sp³-hybridized carbons (Fsp3) is 0.659. The van der Waals surface area contributed by atoms with Crippen LogP contribution in [-0.4, -0.2) is 11.6 Å². The average molecular weight is 1470 g/mol. The highest BCUT2D eigenvalue weighted by atomic mass is 32.1. The lowest BCUT2D eigenvalue weighted by Crippen LogP contribution is -2.38. The molecule has 2 nitrogen and oxygen atoms in total. The van der Waals surface area contributed by atoms with Crippen molar-refractivity contribution in [1.29, 1.82) is 0 Å². The quantitative estimate of drug-likeness (QED) is 0.0356. The number of hydrogen-bond acceptors (Lipinski definition) is 10. The second-order valence-corrected chi connectivity index (χ2v) is 39.4. The Hall–Kier alpha value is -2.54. The number of ketones is 2. The van der Waals surface area contributed by atoms with E-state index < -0.39 is 10.8 Å². The van der Waals surface area contributed by atoms with E-state index >= 15 is 9.59 Å². The Morgan fingerprint density at radius 2 is 0.469 bits per heavy atom. The Labute approximate surface area is 627 Å². The summed E-state index contributed by atoms with van der Waals surface area (Å²) in [4.78, 5) is 47.4. The zero-order valence-electron chi connectivity index (χ0n) is 62.1. The van der Waals surface area contributed by atoms with Crippen LogP contribution in [0.5, 0.6) is 0 Å². The number of hydrogen-bond donors (Lipinski definition) is 0. The fourth-order valence-electron chi connectivity index (χ4n) is 16.7. The van der Waals surface area contributed by atoms with E-state index in [0.717, 1.165) is 62.5 Å². The van der Waals surface area contributed by atoms with E-state index in [2.05, 4.69) is 90.1 Å². The molecule has 0 spiro atoms. The minimum absolute atomic E-state index is 0.408. The van der Waals surface area contributed by atoms with Crippen LogP contribution in [0.3, 0.4) is 0 Å². The highest BCUT2D eigenvalue weighted by molar-refractivity contribution is 7.35. The Balaban J connectivity index is 0.889. The van der Waals surface area contributed by atoms with Gasteiger partial charge in [-0.15, -0.1) is 90.7 Å². The Bertz CT molecular complexity index is 3510. The predicted molar refractivity (Wildman–Crippen MR) is 447 cm³/mol. The zero-order valence-corrected chi connectivity index (χ0v) is 68.6. The molecule has 0 atom stereocenters. The van der Waals surface area contributed by atoms with Crippen LogP contribution in [0.1, 0.15) is 390 Å². The van der Waals surface area contributed by atoms with Gasteiger partial charge >= 0.3 is 0 Å². The van der Waals surface area contributed by atoms with Gasteiger partial charge in [-0.1, -0.05) is 323 Å². The number of aryl methyl sites for hydroxylation is 2. The van der Waals surface area contributed by atoms with E-state index in [0.29, 0.717) is 11.6 Å². The Kier molecular flexibility index (Phi) is 32.8. The van der Waals surface area contributed by atoms with Crippen LogP contribution in [0.4, 0.5) is 0 Å². The van der Waals surface area contributed by atoms with Crippen LogP contribution in [0, 0.1) is 13.8 Å². The van der Waals surface area contributed by atoms with E-state index in [9.17, 15) is 0 Å². The number of thiophene rings is 8. The van der Waals surface area contributed by atoms with Gasteiger partial charge in [0.1, 0.15) is 0 Å². The first-order valence-corrected chi connectivity index (χ1v) is 47.3. The molecule has 10 heteroatoms. The second kappa shape index (κ2) is 41.2. The van der Waals surface area contributed by atoms with Crippen molar-refractivity contribution in [2.24, 2.45) is 0 Å². The first-order chi connectivity index (χ1) is 48.1. The third-order valence-corrected chi connectivity index (χ3v) is 32.3. The van der Waals surface area contributed by atoms with Gasteiger partial charge in [-0.25, -0.2) is 0 Å². The minimum Gasteiger partial charge on any atom is -0.293 e. The van der Waals surface area contributed by atoms with Gasteiger partial charge in [-0.2, -0.15) is 0 Å². The van der Waals surface area contributed by atoms with Crippen molar-refractivity contribution in [1.82, 2.24) is 0 Å². The summed E-state index contributed by atoms with van der Waals surface area (Å²) in [6, 6.07) is 19.4. The lowest BCUT2D eigenvalue weighted by Gasteiger charge is -2.36.